The molecule has 0 aliphatic carbocycles. The number of aromatic amines is 4. The van der Waals surface area contributed by atoms with Crippen molar-refractivity contribution in [2.24, 2.45) is 0 Å². The normalized spacial score (nSPS) is 14.7. The van der Waals surface area contributed by atoms with E-state index >= 15 is 0 Å². The first-order valence-electron chi connectivity index (χ1n) is 17.8. The first-order chi connectivity index (χ1) is 26.4. The van der Waals surface area contributed by atoms with Crippen LogP contribution in [0.4, 0.5) is 26.3 Å². The minimum Gasteiger partial charge on any atom is -0.316 e. The average Bonchev–Trinajstić information content (AvgIpc) is 3.14. The van der Waals surface area contributed by atoms with E-state index in [1.54, 1.807) is 0 Å². The Morgan fingerprint density at radius 2 is 0.860 bits per heavy atom. The first-order valence-corrected chi connectivity index (χ1v) is 17.8. The van der Waals surface area contributed by atoms with E-state index < -0.39 is 45.7 Å². The maximum absolute atomic E-state index is 12.7. The molecule has 57 heavy (non-hydrogen) atoms. The number of nitrogens with one attached hydrogen (secondary N) is 4. The average molecular weight is 795 g/mol. The van der Waals surface area contributed by atoms with Gasteiger partial charge in [-0.05, 0) is 108 Å². The van der Waals surface area contributed by atoms with E-state index in [0.717, 1.165) is 68.8 Å². The molecule has 300 valence electrons. The summed E-state index contributed by atoms with van der Waals surface area (Å²) < 4.78 is 76.3. The quantitative estimate of drug-likeness (QED) is 0.114. The van der Waals surface area contributed by atoms with E-state index in [1.165, 1.54) is 24.3 Å². The molecule has 4 aromatic carbocycles. The molecule has 0 saturated carbocycles. The number of H-pyrrole nitrogens is 4. The highest BCUT2D eigenvalue weighted by atomic mass is 19.4. The summed E-state index contributed by atoms with van der Waals surface area (Å²) in [5.41, 5.74) is 6.31. The molecule has 10 nitrogen and oxygen atoms in total. The Balaban J connectivity index is 0.000000189. The van der Waals surface area contributed by atoms with Crippen LogP contribution in [0.1, 0.15) is 63.1 Å². The Hall–Kier alpha value is -5.74. The third-order valence-electron chi connectivity index (χ3n) is 10.4. The fourth-order valence-electron chi connectivity index (χ4n) is 7.56. The molecule has 0 bridgehead atoms. The molecule has 2 aromatic heterocycles. The number of hydrogen-bond donors (Lipinski definition) is 4. The van der Waals surface area contributed by atoms with Gasteiger partial charge in [-0.15, -0.1) is 0 Å². The van der Waals surface area contributed by atoms with E-state index in [0.29, 0.717) is 74.2 Å². The van der Waals surface area contributed by atoms with Gasteiger partial charge in [0, 0.05) is 39.3 Å². The van der Waals surface area contributed by atoms with Crippen molar-refractivity contribution in [3.63, 3.8) is 0 Å². The molecule has 0 saturated heterocycles. The van der Waals surface area contributed by atoms with Gasteiger partial charge in [0.15, 0.2) is 0 Å². The van der Waals surface area contributed by atoms with Crippen molar-refractivity contribution in [1.82, 2.24) is 29.7 Å². The predicted molar refractivity (Wildman–Crippen MR) is 205 cm³/mol. The van der Waals surface area contributed by atoms with Crippen molar-refractivity contribution in [3.05, 3.63) is 158 Å². The third kappa shape index (κ3) is 8.66. The SMILES string of the molecule is C.Cc1cc2[nH]c(=O)c(=O)[nH]c2c2c1CN(Cc1ccc(C(F)(F)F)cc1)CC2.Cc1cc2[nH]c(=O)c(=O)[nH]c2c2c1CN(Cc1ccc(C(F)(F)F)cc1)CC2. The summed E-state index contributed by atoms with van der Waals surface area (Å²) in [4.78, 5) is 61.5. The van der Waals surface area contributed by atoms with Gasteiger partial charge < -0.3 is 19.9 Å². The maximum Gasteiger partial charge on any atom is 0.416 e. The molecule has 4 heterocycles. The predicted octanol–water partition coefficient (Wildman–Crippen LogP) is 6.84. The van der Waals surface area contributed by atoms with Crippen molar-refractivity contribution >= 4 is 22.1 Å². The second kappa shape index (κ2) is 15.7. The third-order valence-corrected chi connectivity index (χ3v) is 10.4. The zero-order chi connectivity index (χ0) is 40.1. The van der Waals surface area contributed by atoms with Gasteiger partial charge in [0.1, 0.15) is 0 Å². The minimum atomic E-state index is -4.33. The zero-order valence-corrected chi connectivity index (χ0v) is 30.2. The van der Waals surface area contributed by atoms with Crippen LogP contribution in [0, 0.1) is 13.8 Å². The second-order valence-electron chi connectivity index (χ2n) is 14.3. The van der Waals surface area contributed by atoms with Crippen LogP contribution in [0.5, 0.6) is 0 Å². The van der Waals surface area contributed by atoms with E-state index in [4.69, 9.17) is 0 Å². The Kier molecular flexibility index (Phi) is 11.2. The van der Waals surface area contributed by atoms with Gasteiger partial charge in [-0.3, -0.25) is 29.0 Å². The van der Waals surface area contributed by atoms with Crippen LogP contribution in [0.2, 0.25) is 0 Å². The van der Waals surface area contributed by atoms with E-state index in [-0.39, 0.29) is 7.43 Å². The number of benzene rings is 4. The van der Waals surface area contributed by atoms with Crippen molar-refractivity contribution in [2.45, 2.75) is 72.6 Å². The molecule has 6 aromatic rings. The summed E-state index contributed by atoms with van der Waals surface area (Å²) in [6.07, 6.45) is -7.32. The molecule has 0 unspecified atom stereocenters. The lowest BCUT2D eigenvalue weighted by molar-refractivity contribution is -0.138. The lowest BCUT2D eigenvalue weighted by atomic mass is 9.93. The number of fused-ring (bicyclic) bond motifs is 6. The van der Waals surface area contributed by atoms with Gasteiger partial charge >= 0.3 is 34.6 Å². The van der Waals surface area contributed by atoms with Crippen molar-refractivity contribution in [1.29, 1.82) is 0 Å². The Bertz CT molecular complexity index is 2510. The van der Waals surface area contributed by atoms with Crippen molar-refractivity contribution in [2.75, 3.05) is 13.1 Å². The van der Waals surface area contributed by atoms with Crippen molar-refractivity contribution in [3.8, 4) is 0 Å². The topological polar surface area (TPSA) is 138 Å². The lowest BCUT2D eigenvalue weighted by Crippen LogP contribution is -2.33. The molecule has 0 amide bonds. The van der Waals surface area contributed by atoms with E-state index in [1.807, 2.05) is 26.0 Å². The Morgan fingerprint density at radius 3 is 1.19 bits per heavy atom. The number of hydrogen-bond acceptors (Lipinski definition) is 6. The van der Waals surface area contributed by atoms with Crippen LogP contribution in [0.3, 0.4) is 0 Å². The molecule has 0 spiro atoms. The van der Waals surface area contributed by atoms with Gasteiger partial charge in [0.2, 0.25) is 0 Å². The molecular weight excluding hydrogens is 754 g/mol. The number of aryl methyl sites for hydroxylation is 2. The number of halogens is 6. The standard InChI is InChI=1S/2C20H18F3N3O2.CH4/c2*1-11-8-16-17(25-19(28)18(27)24-16)14-6-7-26(10-15(11)14)9-12-2-4-13(5-3-12)20(21,22)23;/h2*2-5,8H,6-7,9-10H2,1H3,(H,24,27)(H,25,28);1H4. The highest BCUT2D eigenvalue weighted by molar-refractivity contribution is 5.81. The molecular formula is C41H40F6N6O4. The number of alkyl halides is 6. The lowest BCUT2D eigenvalue weighted by Gasteiger charge is -2.30. The minimum absolute atomic E-state index is 0. The summed E-state index contributed by atoms with van der Waals surface area (Å²) >= 11 is 0. The summed E-state index contributed by atoms with van der Waals surface area (Å²) in [5.74, 6) is 0. The van der Waals surface area contributed by atoms with Crippen LogP contribution >= 0.6 is 0 Å². The zero-order valence-electron chi connectivity index (χ0n) is 30.2. The number of nitrogens with zero attached hydrogens (tertiary/aromatic N) is 2. The fourth-order valence-corrected chi connectivity index (χ4v) is 7.56. The molecule has 0 atom stereocenters. The largest absolute Gasteiger partial charge is 0.416 e. The highest BCUT2D eigenvalue weighted by Crippen LogP contribution is 2.33. The summed E-state index contributed by atoms with van der Waals surface area (Å²) in [6, 6.07) is 14.1. The molecule has 2 aliphatic heterocycles. The molecule has 0 radical (unpaired) electrons. The van der Waals surface area contributed by atoms with E-state index in [2.05, 4.69) is 29.7 Å². The van der Waals surface area contributed by atoms with Gasteiger partial charge in [0.05, 0.1) is 33.2 Å². The van der Waals surface area contributed by atoms with Crippen LogP contribution < -0.4 is 22.2 Å². The van der Waals surface area contributed by atoms with Crippen molar-refractivity contribution < 1.29 is 26.3 Å². The summed E-state index contributed by atoms with van der Waals surface area (Å²) in [7, 11) is 0. The van der Waals surface area contributed by atoms with Gasteiger partial charge in [-0.25, -0.2) is 0 Å². The molecule has 0 fully saturated rings. The smallest absolute Gasteiger partial charge is 0.316 e. The number of rotatable bonds is 4. The van der Waals surface area contributed by atoms with Crippen LogP contribution in [-0.4, -0.2) is 42.8 Å². The van der Waals surface area contributed by atoms with E-state index in [9.17, 15) is 45.5 Å². The van der Waals surface area contributed by atoms with Crippen LogP contribution in [0.15, 0.2) is 79.8 Å². The fraction of sp³-hybridized carbons (Fsp3) is 0.317. The molecule has 16 heteroatoms. The van der Waals surface area contributed by atoms with Gasteiger partial charge in [-0.1, -0.05) is 31.7 Å². The molecule has 4 N–H and O–H groups in total. The monoisotopic (exact) mass is 794 g/mol. The first kappa shape index (κ1) is 40.9. The maximum atomic E-state index is 12.7. The summed E-state index contributed by atoms with van der Waals surface area (Å²) in [6.45, 7) is 7.63. The van der Waals surface area contributed by atoms with Gasteiger partial charge in [-0.2, -0.15) is 26.3 Å². The second-order valence-corrected chi connectivity index (χ2v) is 14.3. The highest BCUT2D eigenvalue weighted by Gasteiger charge is 2.31. The molecule has 2 aliphatic rings. The van der Waals surface area contributed by atoms with Gasteiger partial charge in [0.25, 0.3) is 0 Å². The van der Waals surface area contributed by atoms with Crippen LogP contribution in [0.25, 0.3) is 22.1 Å². The molecule has 8 rings (SSSR count). The Labute approximate surface area is 321 Å². The summed E-state index contributed by atoms with van der Waals surface area (Å²) in [5, 5.41) is 0. The van der Waals surface area contributed by atoms with Crippen LogP contribution in [-0.2, 0) is 51.4 Å². The number of aromatic nitrogens is 4. The Morgan fingerprint density at radius 1 is 0.526 bits per heavy atom.